The maximum atomic E-state index is 11.1. The lowest BCUT2D eigenvalue weighted by Gasteiger charge is -2.30. The van der Waals surface area contributed by atoms with E-state index in [0.29, 0.717) is 23.2 Å². The summed E-state index contributed by atoms with van der Waals surface area (Å²) in [6.45, 7) is 2.72. The first-order valence-electron chi connectivity index (χ1n) is 9.28. The van der Waals surface area contributed by atoms with E-state index in [2.05, 4.69) is 23.1 Å². The van der Waals surface area contributed by atoms with Gasteiger partial charge in [0.05, 0.1) is 16.6 Å². The summed E-state index contributed by atoms with van der Waals surface area (Å²) < 4.78 is 6.36. The number of fused-ring (bicyclic) bond motifs is 1. The molecule has 0 amide bonds. The van der Waals surface area contributed by atoms with E-state index in [4.69, 9.17) is 27.2 Å². The summed E-state index contributed by atoms with van der Waals surface area (Å²) in [4.78, 5) is 13.6. The lowest BCUT2D eigenvalue weighted by atomic mass is 10.1. The van der Waals surface area contributed by atoms with Crippen LogP contribution in [0, 0.1) is 5.92 Å². The number of nitrogens with zero attached hydrogens (tertiary/aromatic N) is 1. The Bertz CT molecular complexity index is 857. The van der Waals surface area contributed by atoms with Crippen LogP contribution in [-0.2, 0) is 6.42 Å². The summed E-state index contributed by atoms with van der Waals surface area (Å²) in [6.07, 6.45) is 1.92. The molecule has 1 heterocycles. The second-order valence-corrected chi connectivity index (χ2v) is 7.75. The van der Waals surface area contributed by atoms with Crippen molar-refractivity contribution >= 4 is 17.6 Å². The molecular weight excluding hydrogens is 364 g/mol. The van der Waals surface area contributed by atoms with Crippen LogP contribution in [0.3, 0.4) is 0 Å². The molecule has 1 aliphatic carbocycles. The van der Waals surface area contributed by atoms with Crippen molar-refractivity contribution in [2.45, 2.75) is 25.0 Å². The van der Waals surface area contributed by atoms with E-state index < -0.39 is 5.97 Å². The molecule has 5 nitrogen and oxygen atoms in total. The van der Waals surface area contributed by atoms with Crippen molar-refractivity contribution in [2.24, 2.45) is 11.7 Å². The molecule has 0 saturated carbocycles. The SMILES string of the molecule is NC[C@H]1CCN([C@@H]2Cc3ccccc3[C@H]2Oc2ccc(C(=O)O)cc2Cl)C1. The molecule has 6 heteroatoms. The molecule has 3 atom stereocenters. The number of carboxylic acids is 1. The fraction of sp³-hybridized carbons (Fsp3) is 0.381. The average molecular weight is 387 g/mol. The van der Waals surface area contributed by atoms with E-state index >= 15 is 0 Å². The minimum Gasteiger partial charge on any atom is -0.483 e. The van der Waals surface area contributed by atoms with Gasteiger partial charge in [-0.2, -0.15) is 0 Å². The molecule has 0 radical (unpaired) electrons. The number of likely N-dealkylation sites (tertiary alicyclic amines) is 1. The van der Waals surface area contributed by atoms with Gasteiger partial charge >= 0.3 is 5.97 Å². The Morgan fingerprint density at radius 2 is 2.11 bits per heavy atom. The van der Waals surface area contributed by atoms with Crippen LogP contribution in [0.15, 0.2) is 42.5 Å². The fourth-order valence-corrected chi connectivity index (χ4v) is 4.45. The Kier molecular flexibility index (Phi) is 5.08. The highest BCUT2D eigenvalue weighted by Crippen LogP contribution is 2.41. The third-order valence-electron chi connectivity index (χ3n) is 5.69. The Morgan fingerprint density at radius 3 is 2.81 bits per heavy atom. The minimum atomic E-state index is -1.00. The van der Waals surface area contributed by atoms with E-state index in [1.54, 1.807) is 6.07 Å². The summed E-state index contributed by atoms with van der Waals surface area (Å²) in [5.74, 6) is 0.0492. The molecule has 2 aromatic rings. The van der Waals surface area contributed by atoms with Gasteiger partial charge in [-0.25, -0.2) is 4.79 Å². The van der Waals surface area contributed by atoms with E-state index in [9.17, 15) is 4.79 Å². The highest BCUT2D eigenvalue weighted by atomic mass is 35.5. The van der Waals surface area contributed by atoms with E-state index in [1.165, 1.54) is 23.3 Å². The number of carbonyl (C=O) groups is 1. The third kappa shape index (κ3) is 3.55. The molecular formula is C21H23ClN2O3. The number of carboxylic acid groups (broad SMARTS) is 1. The van der Waals surface area contributed by atoms with Gasteiger partial charge in [0.25, 0.3) is 0 Å². The first-order chi connectivity index (χ1) is 13.1. The number of ether oxygens (including phenoxy) is 1. The predicted octanol–water partition coefficient (Wildman–Crippen LogP) is 3.36. The maximum absolute atomic E-state index is 11.1. The van der Waals surface area contributed by atoms with Gasteiger partial charge in [-0.1, -0.05) is 35.9 Å². The fourth-order valence-electron chi connectivity index (χ4n) is 4.22. The standard InChI is InChI=1S/C21H23ClN2O3/c22-17-9-15(21(25)26)5-6-19(17)27-20-16-4-2-1-3-14(16)10-18(20)24-8-7-13(11-23)12-24/h1-6,9,13,18,20H,7-8,10-12,23H2,(H,25,26)/t13-,18-,20-/m1/s1. The summed E-state index contributed by atoms with van der Waals surface area (Å²) in [7, 11) is 0. The first-order valence-corrected chi connectivity index (χ1v) is 9.66. The van der Waals surface area contributed by atoms with Crippen molar-refractivity contribution in [2.75, 3.05) is 19.6 Å². The van der Waals surface area contributed by atoms with Crippen molar-refractivity contribution in [1.29, 1.82) is 0 Å². The lowest BCUT2D eigenvalue weighted by Crippen LogP contribution is -2.39. The monoisotopic (exact) mass is 386 g/mol. The third-order valence-corrected chi connectivity index (χ3v) is 5.99. The van der Waals surface area contributed by atoms with Gasteiger partial charge in [-0.3, -0.25) is 4.90 Å². The zero-order valence-electron chi connectivity index (χ0n) is 15.0. The Balaban J connectivity index is 1.62. The predicted molar refractivity (Wildman–Crippen MR) is 104 cm³/mol. The molecule has 1 fully saturated rings. The quantitative estimate of drug-likeness (QED) is 0.824. The molecule has 2 aromatic carbocycles. The molecule has 1 saturated heterocycles. The Labute approximate surface area is 163 Å². The summed E-state index contributed by atoms with van der Waals surface area (Å²) in [5.41, 5.74) is 8.50. The van der Waals surface area contributed by atoms with Crippen LogP contribution in [-0.4, -0.2) is 41.7 Å². The molecule has 4 rings (SSSR count). The summed E-state index contributed by atoms with van der Waals surface area (Å²) in [6, 6.07) is 13.2. The van der Waals surface area contributed by atoms with Gasteiger partial charge in [0.2, 0.25) is 0 Å². The average Bonchev–Trinajstić information content (AvgIpc) is 3.28. The second kappa shape index (κ2) is 7.50. The van der Waals surface area contributed by atoms with Crippen LogP contribution in [0.2, 0.25) is 5.02 Å². The van der Waals surface area contributed by atoms with Crippen molar-refractivity contribution in [3.05, 3.63) is 64.2 Å². The zero-order chi connectivity index (χ0) is 19.0. The molecule has 0 aromatic heterocycles. The summed E-state index contributed by atoms with van der Waals surface area (Å²) in [5, 5.41) is 9.45. The largest absolute Gasteiger partial charge is 0.483 e. The molecule has 3 N–H and O–H groups in total. The first kappa shape index (κ1) is 18.3. The molecule has 27 heavy (non-hydrogen) atoms. The number of nitrogens with two attached hydrogens (primary N) is 1. The van der Waals surface area contributed by atoms with Gasteiger partial charge in [0.1, 0.15) is 11.9 Å². The lowest BCUT2D eigenvalue weighted by molar-refractivity contribution is 0.0696. The van der Waals surface area contributed by atoms with Crippen molar-refractivity contribution in [3.63, 3.8) is 0 Å². The van der Waals surface area contributed by atoms with Crippen LogP contribution in [0.25, 0.3) is 0 Å². The highest BCUT2D eigenvalue weighted by molar-refractivity contribution is 6.32. The van der Waals surface area contributed by atoms with E-state index in [-0.39, 0.29) is 17.7 Å². The van der Waals surface area contributed by atoms with Crippen LogP contribution in [0.4, 0.5) is 0 Å². The van der Waals surface area contributed by atoms with Gasteiger partial charge < -0.3 is 15.6 Å². The number of aromatic carboxylic acids is 1. The topological polar surface area (TPSA) is 75.8 Å². The van der Waals surface area contributed by atoms with Crippen LogP contribution >= 0.6 is 11.6 Å². The summed E-state index contributed by atoms with van der Waals surface area (Å²) >= 11 is 6.31. The number of halogens is 1. The van der Waals surface area contributed by atoms with E-state index in [1.807, 2.05) is 6.07 Å². The number of hydrogen-bond donors (Lipinski definition) is 2. The second-order valence-electron chi connectivity index (χ2n) is 7.34. The van der Waals surface area contributed by atoms with Gasteiger partial charge in [-0.15, -0.1) is 0 Å². The van der Waals surface area contributed by atoms with Crippen molar-refractivity contribution in [1.82, 2.24) is 4.90 Å². The van der Waals surface area contributed by atoms with Gasteiger partial charge in [0, 0.05) is 6.54 Å². The molecule has 0 bridgehead atoms. The zero-order valence-corrected chi connectivity index (χ0v) is 15.7. The van der Waals surface area contributed by atoms with Crippen LogP contribution < -0.4 is 10.5 Å². The number of hydrogen-bond acceptors (Lipinski definition) is 4. The normalized spacial score (nSPS) is 24.7. The van der Waals surface area contributed by atoms with Crippen LogP contribution in [0.5, 0.6) is 5.75 Å². The van der Waals surface area contributed by atoms with Gasteiger partial charge in [0.15, 0.2) is 0 Å². The van der Waals surface area contributed by atoms with Crippen molar-refractivity contribution < 1.29 is 14.6 Å². The minimum absolute atomic E-state index is 0.133. The molecule has 142 valence electrons. The Hall–Kier alpha value is -2.08. The molecule has 2 aliphatic rings. The van der Waals surface area contributed by atoms with Crippen LogP contribution in [0.1, 0.15) is 34.0 Å². The van der Waals surface area contributed by atoms with E-state index in [0.717, 1.165) is 25.9 Å². The maximum Gasteiger partial charge on any atom is 0.335 e. The molecule has 0 spiro atoms. The van der Waals surface area contributed by atoms with Crippen molar-refractivity contribution in [3.8, 4) is 5.75 Å². The number of benzene rings is 2. The Morgan fingerprint density at radius 1 is 1.30 bits per heavy atom. The molecule has 1 aliphatic heterocycles. The number of rotatable bonds is 5. The smallest absolute Gasteiger partial charge is 0.335 e. The molecule has 0 unspecified atom stereocenters. The highest BCUT2D eigenvalue weighted by Gasteiger charge is 2.40. The van der Waals surface area contributed by atoms with Gasteiger partial charge in [-0.05, 0) is 61.2 Å².